The first-order valence-corrected chi connectivity index (χ1v) is 8.46. The quantitative estimate of drug-likeness (QED) is 0.826. The molecule has 0 fully saturated rings. The van der Waals surface area contributed by atoms with Crippen molar-refractivity contribution < 1.29 is 23.9 Å². The van der Waals surface area contributed by atoms with Crippen molar-refractivity contribution in [3.8, 4) is 10.4 Å². The van der Waals surface area contributed by atoms with E-state index >= 15 is 0 Å². The summed E-state index contributed by atoms with van der Waals surface area (Å²) in [5.41, 5.74) is 1.41. The molecule has 2 aromatic rings. The monoisotopic (exact) mass is 363 g/mol. The normalized spacial score (nSPS) is 9.40. The van der Waals surface area contributed by atoms with Gasteiger partial charge in [0.05, 0.1) is 14.2 Å². The fourth-order valence-electron chi connectivity index (χ4n) is 1.79. The van der Waals surface area contributed by atoms with E-state index in [1.54, 1.807) is 30.4 Å². The van der Waals surface area contributed by atoms with Crippen LogP contribution in [0.5, 0.6) is 0 Å². The molecular formula is C18H21NO5S. The Morgan fingerprint density at radius 3 is 2.20 bits per heavy atom. The number of ether oxygens (including phenoxy) is 2. The van der Waals surface area contributed by atoms with Crippen LogP contribution in [0, 0.1) is 0 Å². The van der Waals surface area contributed by atoms with Crippen LogP contribution in [0.2, 0.25) is 0 Å². The molecule has 7 heteroatoms. The first kappa shape index (κ1) is 20.4. The van der Waals surface area contributed by atoms with Crippen LogP contribution in [0.4, 0.5) is 0 Å². The summed E-state index contributed by atoms with van der Waals surface area (Å²) in [5, 5.41) is 4.50. The SMILES string of the molecule is CCC(=O)OC.COC(=O)CNC(=O)c1ccccc1-c1cccs1. The molecule has 0 atom stereocenters. The Morgan fingerprint density at radius 2 is 1.68 bits per heavy atom. The third-order valence-electron chi connectivity index (χ3n) is 3.10. The molecule has 0 aliphatic heterocycles. The van der Waals surface area contributed by atoms with Crippen molar-refractivity contribution >= 4 is 29.2 Å². The van der Waals surface area contributed by atoms with Crippen molar-refractivity contribution in [2.24, 2.45) is 0 Å². The highest BCUT2D eigenvalue weighted by atomic mass is 32.1. The number of hydrogen-bond donors (Lipinski definition) is 1. The molecule has 0 aliphatic rings. The highest BCUT2D eigenvalue weighted by Crippen LogP contribution is 2.27. The molecule has 0 spiro atoms. The summed E-state index contributed by atoms with van der Waals surface area (Å²) in [6.45, 7) is 1.62. The van der Waals surface area contributed by atoms with Crippen LogP contribution in [-0.4, -0.2) is 38.6 Å². The summed E-state index contributed by atoms with van der Waals surface area (Å²) in [7, 11) is 2.67. The largest absolute Gasteiger partial charge is 0.469 e. The molecule has 134 valence electrons. The van der Waals surface area contributed by atoms with Crippen LogP contribution in [0.3, 0.4) is 0 Å². The Kier molecular flexibility index (Phi) is 8.95. The van der Waals surface area contributed by atoms with Gasteiger partial charge in [0.15, 0.2) is 0 Å². The van der Waals surface area contributed by atoms with E-state index in [0.29, 0.717) is 12.0 Å². The van der Waals surface area contributed by atoms with Gasteiger partial charge in [-0.05, 0) is 17.5 Å². The van der Waals surface area contributed by atoms with Gasteiger partial charge in [-0.2, -0.15) is 0 Å². The number of benzene rings is 1. The van der Waals surface area contributed by atoms with Crippen molar-refractivity contribution in [2.75, 3.05) is 20.8 Å². The lowest BCUT2D eigenvalue weighted by Crippen LogP contribution is -2.30. The number of amides is 1. The maximum atomic E-state index is 12.1. The van der Waals surface area contributed by atoms with Gasteiger partial charge in [-0.3, -0.25) is 14.4 Å². The summed E-state index contributed by atoms with van der Waals surface area (Å²) < 4.78 is 8.75. The number of hydrogen-bond acceptors (Lipinski definition) is 6. The van der Waals surface area contributed by atoms with Gasteiger partial charge >= 0.3 is 11.9 Å². The van der Waals surface area contributed by atoms with E-state index in [2.05, 4.69) is 14.8 Å². The second kappa shape index (κ2) is 11.0. The lowest BCUT2D eigenvalue weighted by molar-refractivity contribution is -0.140. The zero-order chi connectivity index (χ0) is 18.7. The summed E-state index contributed by atoms with van der Waals surface area (Å²) in [4.78, 5) is 34.1. The standard InChI is InChI=1S/C14H13NO3S.C4H8O2/c1-18-13(16)9-15-14(17)11-6-3-2-5-10(11)12-7-4-8-19-12;1-3-4(5)6-2/h2-8H,9H2,1H3,(H,15,17);3H2,1-2H3. The van der Waals surface area contributed by atoms with Gasteiger partial charge in [0.2, 0.25) is 0 Å². The van der Waals surface area contributed by atoms with Crippen molar-refractivity contribution in [2.45, 2.75) is 13.3 Å². The lowest BCUT2D eigenvalue weighted by Gasteiger charge is -2.08. The molecule has 0 bridgehead atoms. The molecule has 1 aromatic carbocycles. The van der Waals surface area contributed by atoms with Crippen LogP contribution in [0.1, 0.15) is 23.7 Å². The molecule has 0 saturated carbocycles. The summed E-state index contributed by atoms with van der Waals surface area (Å²) in [5.74, 6) is -0.911. The van der Waals surface area contributed by atoms with Gasteiger partial charge in [-0.1, -0.05) is 31.2 Å². The third-order valence-corrected chi connectivity index (χ3v) is 4.00. The minimum Gasteiger partial charge on any atom is -0.469 e. The predicted molar refractivity (Wildman–Crippen MR) is 96.4 cm³/mol. The summed E-state index contributed by atoms with van der Waals surface area (Å²) in [6, 6.07) is 11.2. The molecule has 25 heavy (non-hydrogen) atoms. The minimum atomic E-state index is -0.470. The molecule has 0 aliphatic carbocycles. The Balaban J connectivity index is 0.000000450. The average Bonchev–Trinajstić information content (AvgIpc) is 3.20. The third kappa shape index (κ3) is 6.76. The number of esters is 2. The molecule has 6 nitrogen and oxygen atoms in total. The number of methoxy groups -OCH3 is 2. The van der Waals surface area contributed by atoms with E-state index in [9.17, 15) is 14.4 Å². The van der Waals surface area contributed by atoms with E-state index in [1.807, 2.05) is 29.6 Å². The van der Waals surface area contributed by atoms with E-state index < -0.39 is 5.97 Å². The number of nitrogens with one attached hydrogen (secondary N) is 1. The molecule has 1 N–H and O–H groups in total. The van der Waals surface area contributed by atoms with Crippen LogP contribution in [0.15, 0.2) is 41.8 Å². The Hall–Kier alpha value is -2.67. The fourth-order valence-corrected chi connectivity index (χ4v) is 2.56. The summed E-state index contributed by atoms with van der Waals surface area (Å²) >= 11 is 1.56. The maximum Gasteiger partial charge on any atom is 0.325 e. The number of thiophene rings is 1. The number of rotatable bonds is 5. The van der Waals surface area contributed by atoms with E-state index in [4.69, 9.17) is 0 Å². The second-order valence-electron chi connectivity index (χ2n) is 4.71. The van der Waals surface area contributed by atoms with Crippen LogP contribution in [0.25, 0.3) is 10.4 Å². The van der Waals surface area contributed by atoms with Gasteiger partial charge in [0, 0.05) is 22.4 Å². The first-order valence-electron chi connectivity index (χ1n) is 7.58. The second-order valence-corrected chi connectivity index (χ2v) is 5.66. The van der Waals surface area contributed by atoms with Crippen molar-refractivity contribution in [1.82, 2.24) is 5.32 Å². The molecule has 1 amide bonds. The van der Waals surface area contributed by atoms with Crippen LogP contribution >= 0.6 is 11.3 Å². The smallest absolute Gasteiger partial charge is 0.325 e. The van der Waals surface area contributed by atoms with Gasteiger partial charge in [-0.25, -0.2) is 0 Å². The van der Waals surface area contributed by atoms with Crippen LogP contribution in [-0.2, 0) is 19.1 Å². The van der Waals surface area contributed by atoms with E-state index in [1.165, 1.54) is 14.2 Å². The fraction of sp³-hybridized carbons (Fsp3) is 0.278. The van der Waals surface area contributed by atoms with Crippen LogP contribution < -0.4 is 5.32 Å². The molecular weight excluding hydrogens is 342 g/mol. The average molecular weight is 363 g/mol. The highest BCUT2D eigenvalue weighted by molar-refractivity contribution is 7.13. The lowest BCUT2D eigenvalue weighted by atomic mass is 10.1. The summed E-state index contributed by atoms with van der Waals surface area (Å²) in [6.07, 6.45) is 0.469. The van der Waals surface area contributed by atoms with Gasteiger partial charge in [0.1, 0.15) is 6.54 Å². The van der Waals surface area contributed by atoms with Gasteiger partial charge in [-0.15, -0.1) is 11.3 Å². The molecule has 1 aromatic heterocycles. The van der Waals surface area contributed by atoms with Crippen molar-refractivity contribution in [3.63, 3.8) is 0 Å². The van der Waals surface area contributed by atoms with Crippen molar-refractivity contribution in [1.29, 1.82) is 0 Å². The predicted octanol–water partition coefficient (Wildman–Crippen LogP) is 2.89. The molecule has 0 unspecified atom stereocenters. The van der Waals surface area contributed by atoms with Gasteiger partial charge < -0.3 is 14.8 Å². The topological polar surface area (TPSA) is 81.7 Å². The van der Waals surface area contributed by atoms with E-state index in [-0.39, 0.29) is 18.4 Å². The maximum absolute atomic E-state index is 12.1. The van der Waals surface area contributed by atoms with Gasteiger partial charge in [0.25, 0.3) is 5.91 Å². The van der Waals surface area contributed by atoms with E-state index in [0.717, 1.165) is 10.4 Å². The number of carbonyl (C=O) groups excluding carboxylic acids is 3. The van der Waals surface area contributed by atoms with Crippen molar-refractivity contribution in [3.05, 3.63) is 47.3 Å². The zero-order valence-electron chi connectivity index (χ0n) is 14.4. The Morgan fingerprint density at radius 1 is 1.00 bits per heavy atom. The molecule has 0 saturated heterocycles. The minimum absolute atomic E-state index is 0.131. The Labute approximate surface area is 150 Å². The molecule has 0 radical (unpaired) electrons. The zero-order valence-corrected chi connectivity index (χ0v) is 15.2. The molecule has 1 heterocycles. The molecule has 2 rings (SSSR count). The highest BCUT2D eigenvalue weighted by Gasteiger charge is 2.13. The Bertz CT molecular complexity index is 691. The number of carbonyl (C=O) groups is 3. The first-order chi connectivity index (χ1) is 12.0.